The Hall–Kier alpha value is -0.960. The molecule has 96 valence electrons. The van der Waals surface area contributed by atoms with Crippen LogP contribution >= 0.6 is 11.8 Å². The molecule has 2 aliphatic rings. The molecule has 1 saturated heterocycles. The number of carboxylic acids is 1. The van der Waals surface area contributed by atoms with Crippen LogP contribution in [-0.2, 0) is 10.2 Å². The number of thioether (sulfide) groups is 1. The maximum atomic E-state index is 11.7. The van der Waals surface area contributed by atoms with Gasteiger partial charge < -0.3 is 5.11 Å². The summed E-state index contributed by atoms with van der Waals surface area (Å²) >= 11 is 1.97. The van der Waals surface area contributed by atoms with Gasteiger partial charge in [-0.3, -0.25) is 4.79 Å². The van der Waals surface area contributed by atoms with E-state index >= 15 is 0 Å². The summed E-state index contributed by atoms with van der Waals surface area (Å²) in [5.41, 5.74) is 1.76. The summed E-state index contributed by atoms with van der Waals surface area (Å²) in [6, 6.07) is 8.35. The molecule has 0 spiro atoms. The lowest BCUT2D eigenvalue weighted by Crippen LogP contribution is -2.32. The molecule has 2 fully saturated rings. The van der Waals surface area contributed by atoms with Crippen LogP contribution < -0.4 is 0 Å². The van der Waals surface area contributed by atoms with E-state index in [1.807, 2.05) is 23.9 Å². The standard InChI is InChI=1S/C15H18O2S/c16-14(17)15(6-1-2-7-15)13-5-3-4-11(8-13)12-9-18-10-12/h3-5,8,12H,1-2,6-7,9-10H2,(H,16,17). The van der Waals surface area contributed by atoms with Gasteiger partial charge in [-0.1, -0.05) is 37.1 Å². The average molecular weight is 262 g/mol. The van der Waals surface area contributed by atoms with Gasteiger partial charge in [0.1, 0.15) is 0 Å². The Morgan fingerprint density at radius 1 is 1.28 bits per heavy atom. The van der Waals surface area contributed by atoms with E-state index in [0.29, 0.717) is 5.92 Å². The number of hydrogen-bond donors (Lipinski definition) is 1. The van der Waals surface area contributed by atoms with Gasteiger partial charge in [0.05, 0.1) is 5.41 Å². The van der Waals surface area contributed by atoms with Gasteiger partial charge >= 0.3 is 5.97 Å². The molecule has 0 radical (unpaired) electrons. The van der Waals surface area contributed by atoms with Crippen molar-refractivity contribution in [3.8, 4) is 0 Å². The topological polar surface area (TPSA) is 37.3 Å². The Balaban J connectivity index is 1.96. The molecule has 18 heavy (non-hydrogen) atoms. The zero-order valence-electron chi connectivity index (χ0n) is 10.4. The van der Waals surface area contributed by atoms with Crippen molar-refractivity contribution in [2.45, 2.75) is 37.0 Å². The van der Waals surface area contributed by atoms with Crippen molar-refractivity contribution >= 4 is 17.7 Å². The first-order valence-electron chi connectivity index (χ1n) is 6.64. The minimum absolute atomic E-state index is 0.604. The van der Waals surface area contributed by atoms with Crippen LogP contribution in [0.25, 0.3) is 0 Å². The fourth-order valence-corrected chi connectivity index (χ4v) is 3.98. The van der Waals surface area contributed by atoms with Crippen LogP contribution in [0.1, 0.15) is 42.7 Å². The number of aliphatic carboxylic acids is 1. The second-order valence-electron chi connectivity index (χ2n) is 5.45. The van der Waals surface area contributed by atoms with Gasteiger partial charge in [-0.15, -0.1) is 0 Å². The zero-order valence-corrected chi connectivity index (χ0v) is 11.2. The Kier molecular flexibility index (Phi) is 3.10. The molecule has 1 N–H and O–H groups in total. The van der Waals surface area contributed by atoms with Crippen LogP contribution in [0.2, 0.25) is 0 Å². The molecule has 0 unspecified atom stereocenters. The third kappa shape index (κ3) is 1.85. The summed E-state index contributed by atoms with van der Waals surface area (Å²) < 4.78 is 0. The molecular formula is C15H18O2S. The molecule has 2 nitrogen and oxygen atoms in total. The van der Waals surface area contributed by atoms with E-state index < -0.39 is 11.4 Å². The first-order chi connectivity index (χ1) is 8.72. The second-order valence-corrected chi connectivity index (χ2v) is 6.53. The first-order valence-corrected chi connectivity index (χ1v) is 7.79. The fraction of sp³-hybridized carbons (Fsp3) is 0.533. The minimum atomic E-state index is -0.639. The predicted molar refractivity (Wildman–Crippen MR) is 74.3 cm³/mol. The molecule has 1 aliphatic heterocycles. The fourth-order valence-electron chi connectivity index (χ4n) is 3.12. The normalized spacial score (nSPS) is 22.7. The first kappa shape index (κ1) is 12.1. The molecule has 1 aromatic carbocycles. The lowest BCUT2D eigenvalue weighted by Gasteiger charge is -2.29. The molecule has 1 heterocycles. The Bertz CT molecular complexity index is 459. The van der Waals surface area contributed by atoms with E-state index in [2.05, 4.69) is 12.1 Å². The minimum Gasteiger partial charge on any atom is -0.481 e. The summed E-state index contributed by atoms with van der Waals surface area (Å²) in [4.78, 5) is 11.7. The maximum absolute atomic E-state index is 11.7. The quantitative estimate of drug-likeness (QED) is 0.907. The van der Waals surface area contributed by atoms with Crippen LogP contribution in [0.4, 0.5) is 0 Å². The summed E-state index contributed by atoms with van der Waals surface area (Å²) in [7, 11) is 0. The van der Waals surface area contributed by atoms with Crippen LogP contribution in [0, 0.1) is 0 Å². The van der Waals surface area contributed by atoms with E-state index in [9.17, 15) is 9.90 Å². The largest absolute Gasteiger partial charge is 0.481 e. The van der Waals surface area contributed by atoms with Gasteiger partial charge in [-0.05, 0) is 24.0 Å². The lowest BCUT2D eigenvalue weighted by molar-refractivity contribution is -0.143. The number of carbonyl (C=O) groups is 1. The van der Waals surface area contributed by atoms with Crippen molar-refractivity contribution in [3.05, 3.63) is 35.4 Å². The molecule has 0 amide bonds. The second kappa shape index (κ2) is 4.61. The molecule has 1 aliphatic carbocycles. The summed E-state index contributed by atoms with van der Waals surface area (Å²) in [6.07, 6.45) is 3.67. The highest BCUT2D eigenvalue weighted by Gasteiger charge is 2.43. The Labute approximate surface area is 112 Å². The van der Waals surface area contributed by atoms with Crippen LogP contribution in [0.5, 0.6) is 0 Å². The number of hydrogen-bond acceptors (Lipinski definition) is 2. The smallest absolute Gasteiger partial charge is 0.314 e. The number of carboxylic acid groups (broad SMARTS) is 1. The highest BCUT2D eigenvalue weighted by atomic mass is 32.2. The maximum Gasteiger partial charge on any atom is 0.314 e. The van der Waals surface area contributed by atoms with E-state index in [0.717, 1.165) is 31.2 Å². The third-order valence-corrected chi connectivity index (χ3v) is 5.69. The molecule has 1 saturated carbocycles. The van der Waals surface area contributed by atoms with Crippen LogP contribution in [0.15, 0.2) is 24.3 Å². The van der Waals surface area contributed by atoms with E-state index in [1.165, 1.54) is 17.1 Å². The lowest BCUT2D eigenvalue weighted by atomic mass is 9.78. The van der Waals surface area contributed by atoms with Gasteiger partial charge in [0.2, 0.25) is 0 Å². The molecule has 0 bridgehead atoms. The highest BCUT2D eigenvalue weighted by molar-refractivity contribution is 8.00. The zero-order chi connectivity index (χ0) is 12.6. The highest BCUT2D eigenvalue weighted by Crippen LogP contribution is 2.43. The van der Waals surface area contributed by atoms with Crippen molar-refractivity contribution in [1.29, 1.82) is 0 Å². The van der Waals surface area contributed by atoms with E-state index in [4.69, 9.17) is 0 Å². The van der Waals surface area contributed by atoms with Gasteiger partial charge in [0, 0.05) is 17.4 Å². The van der Waals surface area contributed by atoms with Gasteiger partial charge in [-0.2, -0.15) is 11.8 Å². The van der Waals surface area contributed by atoms with Crippen LogP contribution in [0.3, 0.4) is 0 Å². The molecular weight excluding hydrogens is 244 g/mol. The van der Waals surface area contributed by atoms with Crippen molar-refractivity contribution < 1.29 is 9.90 Å². The molecule has 3 rings (SSSR count). The van der Waals surface area contributed by atoms with Gasteiger partial charge in [0.15, 0.2) is 0 Å². The summed E-state index contributed by atoms with van der Waals surface area (Å²) in [5, 5.41) is 9.61. The monoisotopic (exact) mass is 262 g/mol. The van der Waals surface area contributed by atoms with Crippen LogP contribution in [-0.4, -0.2) is 22.6 Å². The van der Waals surface area contributed by atoms with E-state index in [-0.39, 0.29) is 0 Å². The molecule has 0 atom stereocenters. The van der Waals surface area contributed by atoms with Gasteiger partial charge in [-0.25, -0.2) is 0 Å². The SMILES string of the molecule is O=C(O)C1(c2cccc(C3CSC3)c2)CCCC1. The third-order valence-electron chi connectivity index (χ3n) is 4.42. The molecule has 1 aromatic rings. The van der Waals surface area contributed by atoms with E-state index in [1.54, 1.807) is 0 Å². The van der Waals surface area contributed by atoms with Crippen molar-refractivity contribution in [1.82, 2.24) is 0 Å². The molecule has 3 heteroatoms. The summed E-state index contributed by atoms with van der Waals surface area (Å²) in [5.74, 6) is 2.37. The Morgan fingerprint density at radius 3 is 2.56 bits per heavy atom. The van der Waals surface area contributed by atoms with Gasteiger partial charge in [0.25, 0.3) is 0 Å². The number of benzene rings is 1. The predicted octanol–water partition coefficient (Wildman–Crippen LogP) is 3.41. The van der Waals surface area contributed by atoms with Crippen molar-refractivity contribution in [3.63, 3.8) is 0 Å². The van der Waals surface area contributed by atoms with Crippen molar-refractivity contribution in [2.24, 2.45) is 0 Å². The number of rotatable bonds is 3. The van der Waals surface area contributed by atoms with Crippen molar-refractivity contribution in [2.75, 3.05) is 11.5 Å². The summed E-state index contributed by atoms with van der Waals surface area (Å²) in [6.45, 7) is 0. The molecule has 0 aromatic heterocycles. The average Bonchev–Trinajstić information content (AvgIpc) is 2.77. The Morgan fingerprint density at radius 2 is 2.00 bits per heavy atom.